The highest BCUT2D eigenvalue weighted by Crippen LogP contribution is 1.99. The molecule has 0 aliphatic heterocycles. The first kappa shape index (κ1) is 12.9. The van der Waals surface area contributed by atoms with Crippen molar-refractivity contribution in [3.63, 3.8) is 0 Å². The Labute approximate surface area is 98.2 Å². The van der Waals surface area contributed by atoms with Crippen molar-refractivity contribution in [2.45, 2.75) is 33.7 Å². The molecule has 1 nitrogen and oxygen atoms in total. The number of hydrogen-bond donors (Lipinski definition) is 0. The van der Waals surface area contributed by atoms with E-state index in [1.807, 2.05) is 0 Å². The monoisotopic (exact) mass is 291 g/mol. The SMILES string of the molecule is CCC(C)C[n+]1ccc(C)cc1.[I-]. The van der Waals surface area contributed by atoms with Gasteiger partial charge in [0.1, 0.15) is 0 Å². The molecule has 1 unspecified atom stereocenters. The van der Waals surface area contributed by atoms with Crippen LogP contribution in [0, 0.1) is 12.8 Å². The van der Waals surface area contributed by atoms with E-state index in [0.29, 0.717) is 0 Å². The Morgan fingerprint density at radius 3 is 2.31 bits per heavy atom. The molecule has 0 aliphatic rings. The topological polar surface area (TPSA) is 3.88 Å². The van der Waals surface area contributed by atoms with Crippen LogP contribution in [-0.4, -0.2) is 0 Å². The molecular weight excluding hydrogens is 273 g/mol. The molecule has 1 heterocycles. The summed E-state index contributed by atoms with van der Waals surface area (Å²) in [5.74, 6) is 0.776. The lowest BCUT2D eigenvalue weighted by Crippen LogP contribution is -3.00. The van der Waals surface area contributed by atoms with Crippen LogP contribution < -0.4 is 28.5 Å². The minimum Gasteiger partial charge on any atom is -1.00 e. The third-order valence-electron chi connectivity index (χ3n) is 2.28. The van der Waals surface area contributed by atoms with Gasteiger partial charge in [-0.1, -0.05) is 13.8 Å². The highest BCUT2D eigenvalue weighted by Gasteiger charge is 2.05. The molecule has 0 aliphatic carbocycles. The smallest absolute Gasteiger partial charge is 0.169 e. The largest absolute Gasteiger partial charge is 1.00 e. The summed E-state index contributed by atoms with van der Waals surface area (Å²) in [6.45, 7) is 7.77. The highest BCUT2D eigenvalue weighted by molar-refractivity contribution is 5.03. The predicted molar refractivity (Wildman–Crippen MR) is 50.8 cm³/mol. The second-order valence-corrected chi connectivity index (χ2v) is 3.59. The van der Waals surface area contributed by atoms with Crippen molar-refractivity contribution in [1.82, 2.24) is 0 Å². The summed E-state index contributed by atoms with van der Waals surface area (Å²) in [5, 5.41) is 0. The molecule has 2 heteroatoms. The first-order chi connectivity index (χ1) is 5.72. The van der Waals surface area contributed by atoms with Crippen LogP contribution in [0.5, 0.6) is 0 Å². The number of nitrogens with zero attached hydrogens (tertiary/aromatic N) is 1. The first-order valence-corrected chi connectivity index (χ1v) is 4.68. The Kier molecular flexibility index (Phi) is 6.29. The summed E-state index contributed by atoms with van der Waals surface area (Å²) >= 11 is 0. The summed E-state index contributed by atoms with van der Waals surface area (Å²) in [6.07, 6.45) is 5.56. The van der Waals surface area contributed by atoms with Gasteiger partial charge in [-0.3, -0.25) is 0 Å². The van der Waals surface area contributed by atoms with E-state index in [4.69, 9.17) is 0 Å². The third kappa shape index (κ3) is 4.60. The van der Waals surface area contributed by atoms with Crippen molar-refractivity contribution >= 4 is 0 Å². The maximum Gasteiger partial charge on any atom is 0.169 e. The van der Waals surface area contributed by atoms with Gasteiger partial charge in [0.15, 0.2) is 18.9 Å². The molecule has 0 saturated heterocycles. The number of pyridine rings is 1. The minimum absolute atomic E-state index is 0. The van der Waals surface area contributed by atoms with Crippen molar-refractivity contribution in [2.75, 3.05) is 0 Å². The van der Waals surface area contributed by atoms with Crippen LogP contribution in [0.2, 0.25) is 0 Å². The fourth-order valence-corrected chi connectivity index (χ4v) is 1.14. The Morgan fingerprint density at radius 1 is 1.31 bits per heavy atom. The maximum atomic E-state index is 2.28. The van der Waals surface area contributed by atoms with Crippen LogP contribution in [-0.2, 0) is 6.54 Å². The van der Waals surface area contributed by atoms with Crippen LogP contribution in [0.1, 0.15) is 25.8 Å². The molecule has 1 aromatic heterocycles. The summed E-state index contributed by atoms with van der Waals surface area (Å²) in [4.78, 5) is 0. The van der Waals surface area contributed by atoms with Crippen LogP contribution >= 0.6 is 0 Å². The number of aryl methyl sites for hydroxylation is 1. The molecule has 74 valence electrons. The number of aromatic nitrogens is 1. The van der Waals surface area contributed by atoms with Gasteiger partial charge in [0.25, 0.3) is 0 Å². The summed E-state index contributed by atoms with van der Waals surface area (Å²) in [7, 11) is 0. The Balaban J connectivity index is 0.00000144. The Morgan fingerprint density at radius 2 is 1.85 bits per heavy atom. The molecular formula is C11H18IN. The van der Waals surface area contributed by atoms with Crippen molar-refractivity contribution in [3.05, 3.63) is 30.1 Å². The van der Waals surface area contributed by atoms with Gasteiger partial charge in [0.05, 0.1) is 0 Å². The molecule has 0 N–H and O–H groups in total. The van der Waals surface area contributed by atoms with E-state index in [-0.39, 0.29) is 24.0 Å². The Hall–Kier alpha value is -0.120. The van der Waals surface area contributed by atoms with Crippen molar-refractivity contribution in [2.24, 2.45) is 5.92 Å². The lowest BCUT2D eigenvalue weighted by atomic mass is 10.1. The quantitative estimate of drug-likeness (QED) is 0.514. The number of hydrogen-bond acceptors (Lipinski definition) is 0. The molecule has 0 aromatic carbocycles. The fourth-order valence-electron chi connectivity index (χ4n) is 1.14. The van der Waals surface area contributed by atoms with E-state index in [9.17, 15) is 0 Å². The van der Waals surface area contributed by atoms with E-state index in [1.54, 1.807) is 0 Å². The second kappa shape index (κ2) is 6.35. The molecule has 1 atom stereocenters. The summed E-state index contributed by atoms with van der Waals surface area (Å²) in [5.41, 5.74) is 1.33. The Bertz CT molecular complexity index is 230. The van der Waals surface area contributed by atoms with Gasteiger partial charge in [0.2, 0.25) is 0 Å². The third-order valence-corrected chi connectivity index (χ3v) is 2.28. The zero-order chi connectivity index (χ0) is 8.97. The van der Waals surface area contributed by atoms with Gasteiger partial charge in [0, 0.05) is 18.1 Å². The van der Waals surface area contributed by atoms with Crippen LogP contribution in [0.3, 0.4) is 0 Å². The summed E-state index contributed by atoms with van der Waals surface area (Å²) in [6, 6.07) is 4.31. The van der Waals surface area contributed by atoms with Crippen LogP contribution in [0.25, 0.3) is 0 Å². The normalized spacial score (nSPS) is 11.9. The van der Waals surface area contributed by atoms with Gasteiger partial charge < -0.3 is 24.0 Å². The van der Waals surface area contributed by atoms with Gasteiger partial charge in [-0.25, -0.2) is 4.57 Å². The van der Waals surface area contributed by atoms with Gasteiger partial charge in [-0.15, -0.1) is 0 Å². The van der Waals surface area contributed by atoms with Crippen molar-refractivity contribution in [3.8, 4) is 0 Å². The zero-order valence-corrected chi connectivity index (χ0v) is 10.8. The standard InChI is InChI=1S/C11H18N.HI/c1-4-10(2)9-12-7-5-11(3)6-8-12;/h5-8,10H,4,9H2,1-3H3;1H/q+1;/p-1. The lowest BCUT2D eigenvalue weighted by Gasteiger charge is -2.03. The van der Waals surface area contributed by atoms with E-state index in [2.05, 4.69) is 49.9 Å². The van der Waals surface area contributed by atoms with Crippen molar-refractivity contribution in [1.29, 1.82) is 0 Å². The van der Waals surface area contributed by atoms with Crippen LogP contribution in [0.15, 0.2) is 24.5 Å². The average molecular weight is 291 g/mol. The predicted octanol–water partition coefficient (Wildman–Crippen LogP) is -0.667. The van der Waals surface area contributed by atoms with E-state index < -0.39 is 0 Å². The molecule has 0 saturated carbocycles. The fraction of sp³-hybridized carbons (Fsp3) is 0.545. The summed E-state index contributed by atoms with van der Waals surface area (Å²) < 4.78 is 2.25. The molecule has 0 bridgehead atoms. The van der Waals surface area contributed by atoms with Gasteiger partial charge in [-0.2, -0.15) is 0 Å². The molecule has 0 fully saturated rings. The van der Waals surface area contributed by atoms with Gasteiger partial charge >= 0.3 is 0 Å². The van der Waals surface area contributed by atoms with Gasteiger partial charge in [-0.05, 0) is 18.9 Å². The molecule has 13 heavy (non-hydrogen) atoms. The van der Waals surface area contributed by atoms with Crippen molar-refractivity contribution < 1.29 is 28.5 Å². The first-order valence-electron chi connectivity index (χ1n) is 4.68. The molecule has 0 radical (unpaired) electrons. The molecule has 0 spiro atoms. The van der Waals surface area contributed by atoms with E-state index in [1.165, 1.54) is 12.0 Å². The minimum atomic E-state index is 0. The maximum absolute atomic E-state index is 2.28. The van der Waals surface area contributed by atoms with E-state index >= 15 is 0 Å². The average Bonchev–Trinajstić information content (AvgIpc) is 2.09. The number of rotatable bonds is 3. The molecule has 1 rings (SSSR count). The molecule has 0 amide bonds. The number of halogens is 1. The molecule has 1 aromatic rings. The highest BCUT2D eigenvalue weighted by atomic mass is 127. The van der Waals surface area contributed by atoms with E-state index in [0.717, 1.165) is 12.5 Å². The van der Waals surface area contributed by atoms with Crippen LogP contribution in [0.4, 0.5) is 0 Å². The second-order valence-electron chi connectivity index (χ2n) is 3.59. The lowest BCUT2D eigenvalue weighted by molar-refractivity contribution is -0.702. The zero-order valence-electron chi connectivity index (χ0n) is 8.63.